The van der Waals surface area contributed by atoms with E-state index in [1.165, 1.54) is 13.2 Å². The zero-order valence-electron chi connectivity index (χ0n) is 9.67. The smallest absolute Gasteiger partial charge is 0.337 e. The molecular formula is C13H11NO4. The predicted molar refractivity (Wildman–Crippen MR) is 64.0 cm³/mol. The minimum absolute atomic E-state index is 0.0991. The van der Waals surface area contributed by atoms with E-state index >= 15 is 0 Å². The van der Waals surface area contributed by atoms with E-state index < -0.39 is 11.9 Å². The number of primary amides is 1. The van der Waals surface area contributed by atoms with Crippen LogP contribution in [-0.2, 0) is 4.74 Å². The Morgan fingerprint density at radius 3 is 2.28 bits per heavy atom. The molecule has 18 heavy (non-hydrogen) atoms. The van der Waals surface area contributed by atoms with Gasteiger partial charge in [0.15, 0.2) is 5.76 Å². The third kappa shape index (κ3) is 2.24. The van der Waals surface area contributed by atoms with Gasteiger partial charge < -0.3 is 14.9 Å². The van der Waals surface area contributed by atoms with E-state index in [4.69, 9.17) is 10.2 Å². The fraction of sp³-hybridized carbons (Fsp3) is 0.0769. The number of ether oxygens (including phenoxy) is 1. The maximum Gasteiger partial charge on any atom is 0.337 e. The van der Waals surface area contributed by atoms with Crippen LogP contribution in [0.5, 0.6) is 0 Å². The first-order valence-electron chi connectivity index (χ1n) is 5.20. The van der Waals surface area contributed by atoms with E-state index in [0.717, 1.165) is 5.56 Å². The third-order valence-electron chi connectivity index (χ3n) is 2.44. The summed E-state index contributed by atoms with van der Waals surface area (Å²) in [6.07, 6.45) is 0. The van der Waals surface area contributed by atoms with Crippen LogP contribution in [0.25, 0.3) is 11.3 Å². The number of methoxy groups -OCH3 is 1. The zero-order valence-corrected chi connectivity index (χ0v) is 9.67. The molecule has 2 aromatic rings. The second kappa shape index (κ2) is 4.75. The molecule has 1 amide bonds. The lowest BCUT2D eigenvalue weighted by Gasteiger charge is -2.00. The van der Waals surface area contributed by atoms with Gasteiger partial charge in [0.2, 0.25) is 0 Å². The molecule has 0 fully saturated rings. The summed E-state index contributed by atoms with van der Waals surface area (Å²) in [5.74, 6) is -0.409. The van der Waals surface area contributed by atoms with Gasteiger partial charge in [0, 0.05) is 5.56 Å². The molecule has 1 heterocycles. The molecule has 2 N–H and O–H groups in total. The lowest BCUT2D eigenvalue weighted by Crippen LogP contribution is -2.09. The topological polar surface area (TPSA) is 82.5 Å². The van der Waals surface area contributed by atoms with E-state index in [2.05, 4.69) is 4.74 Å². The van der Waals surface area contributed by atoms with Gasteiger partial charge in [-0.2, -0.15) is 0 Å². The van der Waals surface area contributed by atoms with Crippen molar-refractivity contribution in [2.75, 3.05) is 7.11 Å². The van der Waals surface area contributed by atoms with Gasteiger partial charge in [-0.25, -0.2) is 4.79 Å². The van der Waals surface area contributed by atoms with Gasteiger partial charge in [0.05, 0.1) is 12.7 Å². The molecule has 2 rings (SSSR count). The number of hydrogen-bond donors (Lipinski definition) is 1. The van der Waals surface area contributed by atoms with Crippen molar-refractivity contribution in [3.05, 3.63) is 47.7 Å². The summed E-state index contributed by atoms with van der Waals surface area (Å²) in [4.78, 5) is 22.1. The fourth-order valence-corrected chi connectivity index (χ4v) is 1.51. The Bertz CT molecular complexity index is 583. The Morgan fingerprint density at radius 2 is 1.78 bits per heavy atom. The Kier molecular flexibility index (Phi) is 3.14. The molecule has 5 heteroatoms. The van der Waals surface area contributed by atoms with Crippen LogP contribution in [-0.4, -0.2) is 19.0 Å². The van der Waals surface area contributed by atoms with Gasteiger partial charge in [0.1, 0.15) is 5.76 Å². The average molecular weight is 245 g/mol. The molecule has 1 aromatic heterocycles. The molecule has 0 atom stereocenters. The highest BCUT2D eigenvalue weighted by Crippen LogP contribution is 2.22. The SMILES string of the molecule is COC(=O)c1ccc(-c2ccc(C(N)=O)o2)cc1. The van der Waals surface area contributed by atoms with Crippen LogP contribution >= 0.6 is 0 Å². The van der Waals surface area contributed by atoms with Gasteiger partial charge in [-0.3, -0.25) is 4.79 Å². The van der Waals surface area contributed by atoms with Crippen molar-refractivity contribution in [1.29, 1.82) is 0 Å². The number of nitrogens with two attached hydrogens (primary N) is 1. The minimum Gasteiger partial charge on any atom is -0.465 e. The molecule has 0 unspecified atom stereocenters. The number of rotatable bonds is 3. The van der Waals surface area contributed by atoms with Gasteiger partial charge in [-0.1, -0.05) is 12.1 Å². The first-order valence-corrected chi connectivity index (χ1v) is 5.20. The highest BCUT2D eigenvalue weighted by atomic mass is 16.5. The van der Waals surface area contributed by atoms with Crippen LogP contribution in [0.2, 0.25) is 0 Å². The lowest BCUT2D eigenvalue weighted by atomic mass is 10.1. The second-order valence-corrected chi connectivity index (χ2v) is 3.60. The third-order valence-corrected chi connectivity index (χ3v) is 2.44. The number of carbonyl (C=O) groups is 2. The van der Waals surface area contributed by atoms with Gasteiger partial charge >= 0.3 is 5.97 Å². The standard InChI is InChI=1S/C13H11NO4/c1-17-13(16)9-4-2-8(3-5-9)10-6-7-11(18-10)12(14)15/h2-7H,1H3,(H2,14,15). The van der Waals surface area contributed by atoms with Crippen molar-refractivity contribution in [2.45, 2.75) is 0 Å². The molecule has 0 aliphatic heterocycles. The van der Waals surface area contributed by atoms with Gasteiger partial charge in [-0.15, -0.1) is 0 Å². The summed E-state index contributed by atoms with van der Waals surface area (Å²) in [6, 6.07) is 9.80. The van der Waals surface area contributed by atoms with Crippen LogP contribution in [0.4, 0.5) is 0 Å². The summed E-state index contributed by atoms with van der Waals surface area (Å²) in [6.45, 7) is 0. The number of amides is 1. The Balaban J connectivity index is 2.28. The van der Waals surface area contributed by atoms with Crippen molar-refractivity contribution in [2.24, 2.45) is 5.73 Å². The van der Waals surface area contributed by atoms with Crippen molar-refractivity contribution in [3.63, 3.8) is 0 Å². The number of hydrogen-bond acceptors (Lipinski definition) is 4. The van der Waals surface area contributed by atoms with E-state index in [1.807, 2.05) is 0 Å². The van der Waals surface area contributed by atoms with E-state index in [0.29, 0.717) is 11.3 Å². The number of esters is 1. The van der Waals surface area contributed by atoms with Gasteiger partial charge in [0.25, 0.3) is 5.91 Å². The first-order chi connectivity index (χ1) is 8.61. The minimum atomic E-state index is -0.618. The number of carbonyl (C=O) groups excluding carboxylic acids is 2. The molecule has 0 aliphatic rings. The number of benzene rings is 1. The monoisotopic (exact) mass is 245 g/mol. The molecule has 0 spiro atoms. The molecular weight excluding hydrogens is 234 g/mol. The predicted octanol–water partition coefficient (Wildman–Crippen LogP) is 1.83. The average Bonchev–Trinajstić information content (AvgIpc) is 2.88. The van der Waals surface area contributed by atoms with Crippen LogP contribution in [0.15, 0.2) is 40.8 Å². The first kappa shape index (κ1) is 11.9. The largest absolute Gasteiger partial charge is 0.465 e. The Hall–Kier alpha value is -2.56. The van der Waals surface area contributed by atoms with E-state index in [1.54, 1.807) is 30.3 Å². The summed E-state index contributed by atoms with van der Waals surface area (Å²) in [7, 11) is 1.32. The molecule has 0 aliphatic carbocycles. The summed E-state index contributed by atoms with van der Waals surface area (Å²) < 4.78 is 9.86. The van der Waals surface area contributed by atoms with Crippen LogP contribution in [0.1, 0.15) is 20.9 Å². The summed E-state index contributed by atoms with van der Waals surface area (Å²) >= 11 is 0. The molecule has 92 valence electrons. The van der Waals surface area contributed by atoms with Crippen molar-refractivity contribution >= 4 is 11.9 Å². The Labute approximate surface area is 103 Å². The maximum atomic E-state index is 11.2. The van der Waals surface area contributed by atoms with Crippen LogP contribution in [0.3, 0.4) is 0 Å². The maximum absolute atomic E-state index is 11.2. The van der Waals surface area contributed by atoms with Crippen molar-refractivity contribution < 1.29 is 18.7 Å². The van der Waals surface area contributed by atoms with Crippen molar-refractivity contribution in [1.82, 2.24) is 0 Å². The highest BCUT2D eigenvalue weighted by Gasteiger charge is 2.10. The van der Waals surface area contributed by atoms with Crippen LogP contribution in [0, 0.1) is 0 Å². The normalized spacial score (nSPS) is 10.1. The lowest BCUT2D eigenvalue weighted by molar-refractivity contribution is 0.0600. The highest BCUT2D eigenvalue weighted by molar-refractivity contribution is 5.91. The van der Waals surface area contributed by atoms with Crippen molar-refractivity contribution in [3.8, 4) is 11.3 Å². The zero-order chi connectivity index (χ0) is 13.1. The van der Waals surface area contributed by atoms with E-state index in [-0.39, 0.29) is 5.76 Å². The Morgan fingerprint density at radius 1 is 1.11 bits per heavy atom. The molecule has 0 saturated heterocycles. The summed E-state index contributed by atoms with van der Waals surface area (Å²) in [5.41, 5.74) is 6.29. The number of furan rings is 1. The molecule has 0 bridgehead atoms. The van der Waals surface area contributed by atoms with Crippen LogP contribution < -0.4 is 5.73 Å². The fourth-order valence-electron chi connectivity index (χ4n) is 1.51. The quantitative estimate of drug-likeness (QED) is 0.836. The van der Waals surface area contributed by atoms with Gasteiger partial charge in [-0.05, 0) is 24.3 Å². The van der Waals surface area contributed by atoms with E-state index in [9.17, 15) is 9.59 Å². The molecule has 1 aromatic carbocycles. The second-order valence-electron chi connectivity index (χ2n) is 3.60. The summed E-state index contributed by atoms with van der Waals surface area (Å²) in [5, 5.41) is 0. The molecule has 0 radical (unpaired) electrons. The molecule has 0 saturated carbocycles. The molecule has 5 nitrogen and oxygen atoms in total.